The summed E-state index contributed by atoms with van der Waals surface area (Å²) < 4.78 is 5.78. The molecular weight excluding hydrogens is 288 g/mol. The van der Waals surface area contributed by atoms with E-state index in [4.69, 9.17) is 10.5 Å². The smallest absolute Gasteiger partial charge is 0.226 e. The number of nitrogens with two attached hydrogens (primary N) is 1. The van der Waals surface area contributed by atoms with Crippen molar-refractivity contribution in [2.24, 2.45) is 17.1 Å². The van der Waals surface area contributed by atoms with Crippen LogP contribution in [0.5, 0.6) is 5.75 Å². The second-order valence-corrected chi connectivity index (χ2v) is 8.15. The first-order valence-electron chi connectivity index (χ1n) is 8.71. The average molecular weight is 314 g/mol. The van der Waals surface area contributed by atoms with Gasteiger partial charge < -0.3 is 15.4 Å². The van der Waals surface area contributed by atoms with Crippen molar-refractivity contribution >= 4 is 5.91 Å². The third-order valence-electron chi connectivity index (χ3n) is 6.23. The van der Waals surface area contributed by atoms with Crippen LogP contribution in [0.2, 0.25) is 0 Å². The summed E-state index contributed by atoms with van der Waals surface area (Å²) in [5.74, 6) is 1.41. The normalized spacial score (nSPS) is 34.7. The second-order valence-electron chi connectivity index (χ2n) is 8.15. The largest absolute Gasteiger partial charge is 0.493 e. The summed E-state index contributed by atoms with van der Waals surface area (Å²) in [6.45, 7) is 6.64. The molecular formula is C19H26N2O2. The summed E-state index contributed by atoms with van der Waals surface area (Å²) in [6.07, 6.45) is 2.82. The quantitative estimate of drug-likeness (QED) is 0.865. The molecule has 2 N–H and O–H groups in total. The number of likely N-dealkylation sites (tertiary alicyclic amines) is 1. The predicted octanol–water partition coefficient (Wildman–Crippen LogP) is 2.31. The van der Waals surface area contributed by atoms with Crippen LogP contribution in [0, 0.1) is 11.3 Å². The molecule has 0 bridgehead atoms. The first-order valence-corrected chi connectivity index (χ1v) is 8.71. The van der Waals surface area contributed by atoms with Crippen molar-refractivity contribution < 1.29 is 9.53 Å². The maximum absolute atomic E-state index is 13.1. The molecule has 3 atom stereocenters. The third-order valence-corrected chi connectivity index (χ3v) is 6.23. The van der Waals surface area contributed by atoms with E-state index in [1.807, 2.05) is 12.1 Å². The number of carbonyl (C=O) groups is 1. The Kier molecular flexibility index (Phi) is 3.24. The van der Waals surface area contributed by atoms with Gasteiger partial charge in [-0.05, 0) is 30.7 Å². The van der Waals surface area contributed by atoms with E-state index in [0.717, 1.165) is 44.7 Å². The van der Waals surface area contributed by atoms with Gasteiger partial charge >= 0.3 is 0 Å². The van der Waals surface area contributed by atoms with Crippen LogP contribution >= 0.6 is 0 Å². The second kappa shape index (κ2) is 4.97. The van der Waals surface area contributed by atoms with Crippen molar-refractivity contribution in [1.82, 2.24) is 4.90 Å². The van der Waals surface area contributed by atoms with Crippen LogP contribution in [0.1, 0.15) is 38.7 Å². The number of fused-ring (bicyclic) bond motifs is 2. The van der Waals surface area contributed by atoms with Crippen molar-refractivity contribution in [2.45, 2.75) is 44.6 Å². The molecule has 1 aromatic carbocycles. The Morgan fingerprint density at radius 3 is 2.91 bits per heavy atom. The molecule has 4 nitrogen and oxygen atoms in total. The molecule has 1 aromatic rings. The van der Waals surface area contributed by atoms with E-state index in [1.54, 1.807) is 0 Å². The number of para-hydroxylation sites is 1. The van der Waals surface area contributed by atoms with Gasteiger partial charge in [-0.3, -0.25) is 4.79 Å². The number of piperidine rings is 1. The number of hydrogen-bond donors (Lipinski definition) is 1. The number of nitrogens with zero attached hydrogens (tertiary/aromatic N) is 1. The molecule has 1 aliphatic carbocycles. The topological polar surface area (TPSA) is 55.6 Å². The highest BCUT2D eigenvalue weighted by Gasteiger charge is 2.62. The van der Waals surface area contributed by atoms with Gasteiger partial charge in [0.2, 0.25) is 5.91 Å². The van der Waals surface area contributed by atoms with Gasteiger partial charge in [-0.25, -0.2) is 0 Å². The van der Waals surface area contributed by atoms with Crippen molar-refractivity contribution in [3.05, 3.63) is 29.8 Å². The monoisotopic (exact) mass is 314 g/mol. The van der Waals surface area contributed by atoms with Gasteiger partial charge in [0.05, 0.1) is 6.61 Å². The summed E-state index contributed by atoms with van der Waals surface area (Å²) in [7, 11) is 0. The van der Waals surface area contributed by atoms with Crippen molar-refractivity contribution in [1.29, 1.82) is 0 Å². The van der Waals surface area contributed by atoms with E-state index < -0.39 is 0 Å². The van der Waals surface area contributed by atoms with Gasteiger partial charge in [0.25, 0.3) is 0 Å². The number of ether oxygens (including phenoxy) is 1. The highest BCUT2D eigenvalue weighted by molar-refractivity contribution is 5.85. The molecule has 0 radical (unpaired) electrons. The average Bonchev–Trinajstić information content (AvgIpc) is 3.24. The molecule has 1 spiro atoms. The molecule has 2 aliphatic heterocycles. The van der Waals surface area contributed by atoms with Crippen LogP contribution in [0.4, 0.5) is 0 Å². The molecule has 3 unspecified atom stereocenters. The van der Waals surface area contributed by atoms with E-state index >= 15 is 0 Å². The Morgan fingerprint density at radius 1 is 1.35 bits per heavy atom. The summed E-state index contributed by atoms with van der Waals surface area (Å²) in [5.41, 5.74) is 7.47. The zero-order chi connectivity index (χ0) is 16.2. The number of benzene rings is 1. The molecule has 23 heavy (non-hydrogen) atoms. The maximum Gasteiger partial charge on any atom is 0.226 e. The standard InChI is InChI=1S/C19H26N2O2/c1-18(2)12-21(9-7-16(18)20)17(22)14-11-19(14)8-10-23-15-6-4-3-5-13(15)19/h3-6,14,16H,7-12,20H2,1-2H3. The molecule has 4 heteroatoms. The van der Waals surface area contributed by atoms with Gasteiger partial charge in [-0.15, -0.1) is 0 Å². The van der Waals surface area contributed by atoms with Crippen LogP contribution in [-0.2, 0) is 10.2 Å². The Labute approximate surface area is 138 Å². The number of rotatable bonds is 1. The molecule has 3 aliphatic rings. The van der Waals surface area contributed by atoms with E-state index in [2.05, 4.69) is 30.9 Å². The van der Waals surface area contributed by atoms with Crippen molar-refractivity contribution in [3.63, 3.8) is 0 Å². The van der Waals surface area contributed by atoms with Crippen molar-refractivity contribution in [2.75, 3.05) is 19.7 Å². The zero-order valence-corrected chi connectivity index (χ0v) is 14.0. The van der Waals surface area contributed by atoms with E-state index in [9.17, 15) is 4.79 Å². The molecule has 2 fully saturated rings. The van der Waals surface area contributed by atoms with Crippen LogP contribution < -0.4 is 10.5 Å². The lowest BCUT2D eigenvalue weighted by atomic mass is 9.79. The Balaban J connectivity index is 1.55. The van der Waals surface area contributed by atoms with Gasteiger partial charge in [-0.1, -0.05) is 32.0 Å². The number of hydrogen-bond acceptors (Lipinski definition) is 3. The van der Waals surface area contributed by atoms with Crippen LogP contribution in [0.25, 0.3) is 0 Å². The van der Waals surface area contributed by atoms with Gasteiger partial charge in [0, 0.05) is 36.0 Å². The fourth-order valence-electron chi connectivity index (χ4n) is 4.47. The summed E-state index contributed by atoms with van der Waals surface area (Å²) >= 11 is 0. The Morgan fingerprint density at radius 2 is 2.13 bits per heavy atom. The van der Waals surface area contributed by atoms with Crippen molar-refractivity contribution in [3.8, 4) is 5.75 Å². The summed E-state index contributed by atoms with van der Waals surface area (Å²) in [5, 5.41) is 0. The minimum absolute atomic E-state index is 0.00352. The van der Waals surface area contributed by atoms with Gasteiger partial charge in [0.15, 0.2) is 0 Å². The fourth-order valence-corrected chi connectivity index (χ4v) is 4.47. The highest BCUT2D eigenvalue weighted by Crippen LogP contribution is 2.61. The number of carbonyl (C=O) groups excluding carboxylic acids is 1. The molecule has 0 aromatic heterocycles. The first kappa shape index (κ1) is 15.0. The predicted molar refractivity (Wildman–Crippen MR) is 89.3 cm³/mol. The van der Waals surface area contributed by atoms with Gasteiger partial charge in [-0.2, -0.15) is 0 Å². The highest BCUT2D eigenvalue weighted by atomic mass is 16.5. The van der Waals surface area contributed by atoms with E-state index in [-0.39, 0.29) is 22.8 Å². The Hall–Kier alpha value is -1.55. The number of amides is 1. The third kappa shape index (κ3) is 2.26. The lowest BCUT2D eigenvalue weighted by Gasteiger charge is -2.43. The minimum Gasteiger partial charge on any atom is -0.493 e. The molecule has 1 amide bonds. The molecule has 1 saturated heterocycles. The maximum atomic E-state index is 13.1. The van der Waals surface area contributed by atoms with Crippen LogP contribution in [0.3, 0.4) is 0 Å². The molecule has 4 rings (SSSR count). The summed E-state index contributed by atoms with van der Waals surface area (Å²) in [4.78, 5) is 15.1. The lowest BCUT2D eigenvalue weighted by Crippen LogP contribution is -2.54. The SMILES string of the molecule is CC1(C)CN(C(=O)C2CC23CCOc2ccccc23)CCC1N. The minimum atomic E-state index is 0.00352. The lowest BCUT2D eigenvalue weighted by molar-refractivity contribution is -0.136. The van der Waals surface area contributed by atoms with Crippen LogP contribution in [-0.4, -0.2) is 36.5 Å². The first-order chi connectivity index (χ1) is 10.9. The zero-order valence-electron chi connectivity index (χ0n) is 14.0. The molecule has 2 heterocycles. The molecule has 124 valence electrons. The summed E-state index contributed by atoms with van der Waals surface area (Å²) in [6, 6.07) is 8.41. The van der Waals surface area contributed by atoms with E-state index in [0.29, 0.717) is 5.91 Å². The molecule has 1 saturated carbocycles. The Bertz CT molecular complexity index is 642. The van der Waals surface area contributed by atoms with E-state index in [1.165, 1.54) is 5.56 Å². The van der Waals surface area contributed by atoms with Gasteiger partial charge in [0.1, 0.15) is 5.75 Å². The fraction of sp³-hybridized carbons (Fsp3) is 0.632. The van der Waals surface area contributed by atoms with Crippen LogP contribution in [0.15, 0.2) is 24.3 Å².